The molecule has 0 aromatic carbocycles. The standard InChI is InChI=1S/C15H20N4O2/c1-12-6-9-19(18-12)10-7-15(20)17-14(11-21-2)13-5-3-4-8-16-13/h3-6,8-9,14H,7,10-11H2,1-2H3,(H,17,20). The van der Waals surface area contributed by atoms with Gasteiger partial charge in [-0.3, -0.25) is 14.5 Å². The van der Waals surface area contributed by atoms with Crippen LogP contribution in [0.5, 0.6) is 0 Å². The predicted octanol–water partition coefficient (Wildman–Crippen LogP) is 1.48. The van der Waals surface area contributed by atoms with Crippen molar-refractivity contribution in [2.45, 2.75) is 25.9 Å². The molecule has 21 heavy (non-hydrogen) atoms. The highest BCUT2D eigenvalue weighted by Crippen LogP contribution is 2.10. The first-order valence-corrected chi connectivity index (χ1v) is 6.88. The van der Waals surface area contributed by atoms with Crippen LogP contribution in [0.4, 0.5) is 0 Å². The molecule has 2 rings (SSSR count). The van der Waals surface area contributed by atoms with Crippen LogP contribution in [0.1, 0.15) is 23.9 Å². The molecule has 6 nitrogen and oxygen atoms in total. The zero-order valence-corrected chi connectivity index (χ0v) is 12.3. The number of nitrogens with zero attached hydrogens (tertiary/aromatic N) is 3. The topological polar surface area (TPSA) is 69.0 Å². The maximum atomic E-state index is 12.0. The Bertz CT molecular complexity index is 568. The van der Waals surface area contributed by atoms with Crippen molar-refractivity contribution >= 4 is 5.91 Å². The SMILES string of the molecule is COCC(NC(=O)CCn1ccc(C)n1)c1ccccn1. The first-order chi connectivity index (χ1) is 10.2. The first-order valence-electron chi connectivity index (χ1n) is 6.88. The molecule has 0 saturated carbocycles. The second kappa shape index (κ2) is 7.54. The molecule has 1 N–H and O–H groups in total. The Hall–Kier alpha value is -2.21. The van der Waals surface area contributed by atoms with Crippen molar-refractivity contribution in [3.63, 3.8) is 0 Å². The Balaban J connectivity index is 1.89. The molecule has 6 heteroatoms. The van der Waals surface area contributed by atoms with E-state index in [1.165, 1.54) is 0 Å². The van der Waals surface area contributed by atoms with Crippen molar-refractivity contribution in [3.8, 4) is 0 Å². The summed E-state index contributed by atoms with van der Waals surface area (Å²) in [5.74, 6) is -0.0455. The van der Waals surface area contributed by atoms with Gasteiger partial charge in [0.2, 0.25) is 5.91 Å². The van der Waals surface area contributed by atoms with E-state index in [9.17, 15) is 4.79 Å². The minimum absolute atomic E-state index is 0.0455. The average molecular weight is 288 g/mol. The number of hydrogen-bond acceptors (Lipinski definition) is 4. The molecule has 0 aliphatic carbocycles. The van der Waals surface area contributed by atoms with Crippen LogP contribution in [0.3, 0.4) is 0 Å². The molecular formula is C15H20N4O2. The molecule has 112 valence electrons. The van der Waals surface area contributed by atoms with Gasteiger partial charge in [0.15, 0.2) is 0 Å². The Kier molecular flexibility index (Phi) is 5.45. The van der Waals surface area contributed by atoms with E-state index in [0.29, 0.717) is 19.6 Å². The fraction of sp³-hybridized carbons (Fsp3) is 0.400. The van der Waals surface area contributed by atoms with Crippen molar-refractivity contribution in [2.24, 2.45) is 0 Å². The lowest BCUT2D eigenvalue weighted by molar-refractivity contribution is -0.122. The third kappa shape index (κ3) is 4.68. The van der Waals surface area contributed by atoms with Crippen molar-refractivity contribution in [2.75, 3.05) is 13.7 Å². The highest BCUT2D eigenvalue weighted by Gasteiger charge is 2.15. The maximum absolute atomic E-state index is 12.0. The summed E-state index contributed by atoms with van der Waals surface area (Å²) in [5, 5.41) is 7.20. The number of carbonyl (C=O) groups excluding carboxylic acids is 1. The van der Waals surface area contributed by atoms with Gasteiger partial charge >= 0.3 is 0 Å². The Morgan fingerprint density at radius 3 is 2.90 bits per heavy atom. The quantitative estimate of drug-likeness (QED) is 0.838. The van der Waals surface area contributed by atoms with E-state index in [0.717, 1.165) is 11.4 Å². The Morgan fingerprint density at radius 1 is 1.43 bits per heavy atom. The maximum Gasteiger partial charge on any atom is 0.222 e. The van der Waals surface area contributed by atoms with Crippen molar-refractivity contribution in [1.82, 2.24) is 20.1 Å². The fourth-order valence-corrected chi connectivity index (χ4v) is 2.02. The van der Waals surface area contributed by atoms with Crippen LogP contribution in [-0.2, 0) is 16.1 Å². The zero-order chi connectivity index (χ0) is 15.1. The van der Waals surface area contributed by atoms with E-state index in [-0.39, 0.29) is 11.9 Å². The smallest absolute Gasteiger partial charge is 0.222 e. The number of aromatic nitrogens is 3. The van der Waals surface area contributed by atoms with E-state index >= 15 is 0 Å². The summed E-state index contributed by atoms with van der Waals surface area (Å²) >= 11 is 0. The van der Waals surface area contributed by atoms with Crippen LogP contribution >= 0.6 is 0 Å². The van der Waals surface area contributed by atoms with Crippen molar-refractivity contribution in [3.05, 3.63) is 48.0 Å². The van der Waals surface area contributed by atoms with Crippen LogP contribution in [0, 0.1) is 6.92 Å². The van der Waals surface area contributed by atoms with Crippen LogP contribution < -0.4 is 5.32 Å². The molecule has 1 unspecified atom stereocenters. The summed E-state index contributed by atoms with van der Waals surface area (Å²) in [6.45, 7) is 2.87. The Morgan fingerprint density at radius 2 is 2.29 bits per heavy atom. The van der Waals surface area contributed by atoms with Crippen LogP contribution in [0.15, 0.2) is 36.7 Å². The zero-order valence-electron chi connectivity index (χ0n) is 12.3. The second-order valence-electron chi connectivity index (χ2n) is 4.80. The number of nitrogens with one attached hydrogen (secondary N) is 1. The fourth-order valence-electron chi connectivity index (χ4n) is 2.02. The average Bonchev–Trinajstić information content (AvgIpc) is 2.91. The lowest BCUT2D eigenvalue weighted by Crippen LogP contribution is -2.32. The summed E-state index contributed by atoms with van der Waals surface area (Å²) in [7, 11) is 1.61. The van der Waals surface area contributed by atoms with Gasteiger partial charge in [0.05, 0.1) is 24.0 Å². The molecule has 0 radical (unpaired) electrons. The molecule has 0 saturated heterocycles. The summed E-state index contributed by atoms with van der Waals surface area (Å²) in [4.78, 5) is 16.3. The molecule has 0 bridgehead atoms. The summed E-state index contributed by atoms with van der Waals surface area (Å²) in [6.07, 6.45) is 3.94. The van der Waals surface area contributed by atoms with E-state index in [1.807, 2.05) is 37.4 Å². The molecule has 1 atom stereocenters. The van der Waals surface area contributed by atoms with Gasteiger partial charge in [0.1, 0.15) is 0 Å². The first kappa shape index (κ1) is 15.2. The summed E-state index contributed by atoms with van der Waals surface area (Å²) < 4.78 is 6.92. The van der Waals surface area contributed by atoms with E-state index in [2.05, 4.69) is 15.4 Å². The van der Waals surface area contributed by atoms with E-state index < -0.39 is 0 Å². The van der Waals surface area contributed by atoms with Gasteiger partial charge in [-0.1, -0.05) is 6.07 Å². The highest BCUT2D eigenvalue weighted by atomic mass is 16.5. The van der Waals surface area contributed by atoms with Crippen LogP contribution in [-0.4, -0.2) is 34.4 Å². The number of carbonyl (C=O) groups is 1. The molecule has 0 spiro atoms. The summed E-state index contributed by atoms with van der Waals surface area (Å²) in [6, 6.07) is 7.29. The second-order valence-corrected chi connectivity index (χ2v) is 4.80. The molecule has 2 aromatic heterocycles. The van der Waals surface area contributed by atoms with E-state index in [1.54, 1.807) is 18.0 Å². The van der Waals surface area contributed by atoms with Gasteiger partial charge in [0.25, 0.3) is 0 Å². The molecule has 0 fully saturated rings. The molecule has 2 heterocycles. The Labute approximate surface area is 124 Å². The third-order valence-electron chi connectivity index (χ3n) is 3.06. The van der Waals surface area contributed by atoms with Gasteiger partial charge in [-0.05, 0) is 25.1 Å². The van der Waals surface area contributed by atoms with Crippen molar-refractivity contribution < 1.29 is 9.53 Å². The summed E-state index contributed by atoms with van der Waals surface area (Å²) in [5.41, 5.74) is 1.74. The van der Waals surface area contributed by atoms with Gasteiger partial charge in [-0.25, -0.2) is 0 Å². The minimum Gasteiger partial charge on any atom is -0.382 e. The molecule has 0 aliphatic rings. The van der Waals surface area contributed by atoms with E-state index in [4.69, 9.17) is 4.74 Å². The number of amides is 1. The predicted molar refractivity (Wildman–Crippen MR) is 78.6 cm³/mol. The monoisotopic (exact) mass is 288 g/mol. The minimum atomic E-state index is -0.233. The lowest BCUT2D eigenvalue weighted by Gasteiger charge is -2.17. The molecular weight excluding hydrogens is 268 g/mol. The van der Waals surface area contributed by atoms with Crippen LogP contribution in [0.2, 0.25) is 0 Å². The normalized spacial score (nSPS) is 12.1. The number of methoxy groups -OCH3 is 1. The molecule has 1 amide bonds. The van der Waals surface area contributed by atoms with Crippen LogP contribution in [0.25, 0.3) is 0 Å². The largest absolute Gasteiger partial charge is 0.382 e. The number of ether oxygens (including phenoxy) is 1. The highest BCUT2D eigenvalue weighted by molar-refractivity contribution is 5.76. The van der Waals surface area contributed by atoms with Gasteiger partial charge < -0.3 is 10.1 Å². The van der Waals surface area contributed by atoms with Crippen molar-refractivity contribution in [1.29, 1.82) is 0 Å². The number of aryl methyl sites for hydroxylation is 2. The molecule has 2 aromatic rings. The third-order valence-corrected chi connectivity index (χ3v) is 3.06. The number of pyridine rings is 1. The van der Waals surface area contributed by atoms with Gasteiger partial charge in [-0.15, -0.1) is 0 Å². The number of rotatable bonds is 7. The van der Waals surface area contributed by atoms with Gasteiger partial charge in [-0.2, -0.15) is 5.10 Å². The lowest BCUT2D eigenvalue weighted by atomic mass is 10.2. The molecule has 0 aliphatic heterocycles. The number of hydrogen-bond donors (Lipinski definition) is 1. The van der Waals surface area contributed by atoms with Gasteiger partial charge in [0, 0.05) is 32.5 Å².